The Bertz CT molecular complexity index is 1430. The van der Waals surface area contributed by atoms with E-state index in [1.165, 1.54) is 11.3 Å². The zero-order valence-corrected chi connectivity index (χ0v) is 21.1. The van der Waals surface area contributed by atoms with Crippen LogP contribution < -0.4 is 19.6 Å². The van der Waals surface area contributed by atoms with Crippen LogP contribution in [0.3, 0.4) is 0 Å². The van der Waals surface area contributed by atoms with Crippen LogP contribution >= 0.6 is 27.3 Å². The van der Waals surface area contributed by atoms with Gasteiger partial charge < -0.3 is 9.47 Å². The molecule has 0 unspecified atom stereocenters. The summed E-state index contributed by atoms with van der Waals surface area (Å²) in [7, 11) is 1.59. The molecule has 0 saturated carbocycles. The highest BCUT2D eigenvalue weighted by molar-refractivity contribution is 9.10. The maximum absolute atomic E-state index is 13.6. The summed E-state index contributed by atoms with van der Waals surface area (Å²) < 4.78 is 13.5. The molecule has 6 nitrogen and oxygen atoms in total. The van der Waals surface area contributed by atoms with E-state index in [0.717, 1.165) is 21.2 Å². The van der Waals surface area contributed by atoms with Gasteiger partial charge in [0.15, 0.2) is 4.80 Å². The second-order valence-corrected chi connectivity index (χ2v) is 9.47. The van der Waals surface area contributed by atoms with Gasteiger partial charge in [0, 0.05) is 0 Å². The number of hydrogen-bond acceptors (Lipinski definition) is 6. The zero-order valence-electron chi connectivity index (χ0n) is 18.7. The summed E-state index contributed by atoms with van der Waals surface area (Å²) in [5.74, 6) is 0.174. The Morgan fingerprint density at radius 2 is 1.94 bits per heavy atom. The van der Waals surface area contributed by atoms with Crippen molar-refractivity contribution in [1.82, 2.24) is 4.57 Å². The lowest BCUT2D eigenvalue weighted by Gasteiger charge is -2.25. The minimum atomic E-state index is -0.664. The Morgan fingerprint density at radius 1 is 1.21 bits per heavy atom. The highest BCUT2D eigenvalue weighted by Crippen LogP contribution is 2.34. The van der Waals surface area contributed by atoms with Gasteiger partial charge in [-0.15, -0.1) is 0 Å². The zero-order chi connectivity index (χ0) is 23.7. The molecule has 0 N–H and O–H groups in total. The Labute approximate surface area is 203 Å². The molecule has 1 aliphatic rings. The molecule has 0 aliphatic carbocycles. The van der Waals surface area contributed by atoms with E-state index in [-0.39, 0.29) is 12.2 Å². The average molecular weight is 527 g/mol. The summed E-state index contributed by atoms with van der Waals surface area (Å²) in [4.78, 5) is 31.7. The maximum Gasteiger partial charge on any atom is 0.338 e. The van der Waals surface area contributed by atoms with Gasteiger partial charge in [0.1, 0.15) is 5.75 Å². The summed E-state index contributed by atoms with van der Waals surface area (Å²) in [5, 5.41) is 0. The van der Waals surface area contributed by atoms with Gasteiger partial charge >= 0.3 is 5.97 Å². The number of halogens is 1. The third-order valence-electron chi connectivity index (χ3n) is 5.38. The number of thiazole rings is 1. The number of esters is 1. The lowest BCUT2D eigenvalue weighted by atomic mass is 9.96. The topological polar surface area (TPSA) is 69.9 Å². The number of carbonyl (C=O) groups excluding carboxylic acids is 1. The lowest BCUT2D eigenvalue weighted by Crippen LogP contribution is -2.39. The number of carbonyl (C=O) groups is 1. The summed E-state index contributed by atoms with van der Waals surface area (Å²) in [6, 6.07) is 12.8. The smallest absolute Gasteiger partial charge is 0.338 e. The molecule has 0 bridgehead atoms. The van der Waals surface area contributed by atoms with E-state index in [9.17, 15) is 9.59 Å². The summed E-state index contributed by atoms with van der Waals surface area (Å²) in [5.41, 5.74) is 3.51. The minimum Gasteiger partial charge on any atom is -0.496 e. The highest BCUT2D eigenvalue weighted by Gasteiger charge is 2.33. The van der Waals surface area contributed by atoms with Crippen molar-refractivity contribution in [2.24, 2.45) is 4.99 Å². The van der Waals surface area contributed by atoms with Crippen LogP contribution in [-0.2, 0) is 9.53 Å². The number of hydrogen-bond donors (Lipinski definition) is 0. The van der Waals surface area contributed by atoms with Crippen LogP contribution in [0.2, 0.25) is 0 Å². The number of nitrogens with zero attached hydrogens (tertiary/aromatic N) is 2. The van der Waals surface area contributed by atoms with Gasteiger partial charge in [0.25, 0.3) is 5.56 Å². The maximum atomic E-state index is 13.6. The number of allylic oxidation sites excluding steroid dienone is 1. The van der Waals surface area contributed by atoms with Gasteiger partial charge in [-0.25, -0.2) is 9.79 Å². The average Bonchev–Trinajstić information content (AvgIpc) is 3.09. The predicted octanol–water partition coefficient (Wildman–Crippen LogP) is 3.88. The van der Waals surface area contributed by atoms with E-state index in [1.807, 2.05) is 49.4 Å². The molecule has 33 heavy (non-hydrogen) atoms. The van der Waals surface area contributed by atoms with Gasteiger partial charge in [-0.2, -0.15) is 0 Å². The number of aromatic nitrogens is 1. The largest absolute Gasteiger partial charge is 0.496 e. The van der Waals surface area contributed by atoms with E-state index in [1.54, 1.807) is 31.6 Å². The number of aryl methyl sites for hydroxylation is 1. The van der Waals surface area contributed by atoms with Crippen molar-refractivity contribution in [2.45, 2.75) is 26.8 Å². The first-order valence-electron chi connectivity index (χ1n) is 10.4. The van der Waals surface area contributed by atoms with Crippen LogP contribution in [0.4, 0.5) is 0 Å². The molecule has 1 atom stereocenters. The van der Waals surface area contributed by atoms with Gasteiger partial charge in [-0.3, -0.25) is 9.36 Å². The fourth-order valence-corrected chi connectivity index (χ4v) is 5.38. The van der Waals surface area contributed by atoms with Gasteiger partial charge in [0.05, 0.1) is 40.0 Å². The van der Waals surface area contributed by atoms with Crippen molar-refractivity contribution >= 4 is 39.3 Å². The van der Waals surface area contributed by atoms with Crippen molar-refractivity contribution in [3.63, 3.8) is 0 Å². The summed E-state index contributed by atoms with van der Waals surface area (Å²) in [6.07, 6.45) is 1.85. The van der Waals surface area contributed by atoms with E-state index < -0.39 is 12.0 Å². The van der Waals surface area contributed by atoms with Crippen molar-refractivity contribution < 1.29 is 14.3 Å². The molecule has 0 spiro atoms. The van der Waals surface area contributed by atoms with Crippen molar-refractivity contribution in [1.29, 1.82) is 0 Å². The molecule has 0 saturated heterocycles. The quantitative estimate of drug-likeness (QED) is 0.473. The van der Waals surface area contributed by atoms with Crippen LogP contribution in [-0.4, -0.2) is 24.3 Å². The van der Waals surface area contributed by atoms with Gasteiger partial charge in [-0.05, 0) is 66.0 Å². The molecular formula is C25H23BrN2O4S. The second-order valence-electron chi connectivity index (χ2n) is 7.61. The predicted molar refractivity (Wildman–Crippen MR) is 132 cm³/mol. The van der Waals surface area contributed by atoms with Crippen LogP contribution in [0.5, 0.6) is 5.75 Å². The van der Waals surface area contributed by atoms with Crippen LogP contribution in [0.15, 0.2) is 68.0 Å². The first-order valence-corrected chi connectivity index (χ1v) is 12.0. The van der Waals surface area contributed by atoms with Crippen LogP contribution in [0, 0.1) is 6.92 Å². The fraction of sp³-hybridized carbons (Fsp3) is 0.240. The lowest BCUT2D eigenvalue weighted by molar-refractivity contribution is -0.139. The third kappa shape index (κ3) is 4.45. The molecule has 4 rings (SSSR count). The summed E-state index contributed by atoms with van der Waals surface area (Å²) in [6.45, 7) is 5.77. The standard InChI is InChI=1S/C25H23BrN2O4S/c1-5-32-24(30)21-15(3)27-25-28(22(21)17-10-11-19(31-4)18(26)13-17)23(29)20(33-25)12-16-8-6-14(2)7-9-16/h6-13,22H,5H2,1-4H3/b20-12+/t22-/m1/s1. The van der Waals surface area contributed by atoms with Crippen molar-refractivity contribution in [3.8, 4) is 5.75 Å². The van der Waals surface area contributed by atoms with E-state index in [2.05, 4.69) is 20.9 Å². The molecule has 170 valence electrons. The van der Waals surface area contributed by atoms with E-state index in [4.69, 9.17) is 9.47 Å². The SMILES string of the molecule is CCOC(=O)C1=C(C)N=c2s/c(=C/c3ccc(C)cc3)c(=O)n2[C@@H]1c1ccc(OC)c(Br)c1. The number of benzene rings is 2. The fourth-order valence-electron chi connectivity index (χ4n) is 3.77. The Hall–Kier alpha value is -2.97. The monoisotopic (exact) mass is 526 g/mol. The minimum absolute atomic E-state index is 0.203. The van der Waals surface area contributed by atoms with Crippen molar-refractivity contribution in [3.05, 3.63) is 94.6 Å². The first kappa shape index (κ1) is 23.2. The molecule has 1 aromatic heterocycles. The number of ether oxygens (including phenoxy) is 2. The molecule has 2 aromatic carbocycles. The molecule has 1 aliphatic heterocycles. The van der Waals surface area contributed by atoms with E-state index >= 15 is 0 Å². The molecule has 0 radical (unpaired) electrons. The highest BCUT2D eigenvalue weighted by atomic mass is 79.9. The Morgan fingerprint density at radius 3 is 2.58 bits per heavy atom. The van der Waals surface area contributed by atoms with Crippen molar-refractivity contribution in [2.75, 3.05) is 13.7 Å². The number of fused-ring (bicyclic) bond motifs is 1. The number of rotatable bonds is 5. The summed E-state index contributed by atoms with van der Waals surface area (Å²) >= 11 is 4.83. The second kappa shape index (κ2) is 9.49. The van der Waals surface area contributed by atoms with Gasteiger partial charge in [0.2, 0.25) is 0 Å². The van der Waals surface area contributed by atoms with E-state index in [0.29, 0.717) is 26.4 Å². The van der Waals surface area contributed by atoms with Gasteiger partial charge in [-0.1, -0.05) is 47.2 Å². The molecule has 0 fully saturated rings. The molecule has 2 heterocycles. The van der Waals surface area contributed by atoms with Crippen LogP contribution in [0.25, 0.3) is 6.08 Å². The Balaban J connectivity index is 1.96. The molecule has 8 heteroatoms. The van der Waals surface area contributed by atoms with Crippen LogP contribution in [0.1, 0.15) is 36.6 Å². The number of methoxy groups -OCH3 is 1. The molecule has 3 aromatic rings. The Kier molecular flexibility index (Phi) is 6.67. The normalized spacial score (nSPS) is 15.8. The first-order chi connectivity index (χ1) is 15.8. The molecule has 0 amide bonds. The third-order valence-corrected chi connectivity index (χ3v) is 6.99. The molecular weight excluding hydrogens is 504 g/mol.